The zero-order valence-electron chi connectivity index (χ0n) is 16.4. The quantitative estimate of drug-likeness (QED) is 0.349. The van der Waals surface area contributed by atoms with Crippen LogP contribution in [-0.2, 0) is 6.42 Å². The van der Waals surface area contributed by atoms with E-state index < -0.39 is 29.1 Å². The summed E-state index contributed by atoms with van der Waals surface area (Å²) in [6.07, 6.45) is 5.13. The number of benzene rings is 2. The second kappa shape index (κ2) is 9.59. The van der Waals surface area contributed by atoms with E-state index in [0.717, 1.165) is 25.0 Å². The Morgan fingerprint density at radius 3 is 1.97 bits per heavy atom. The summed E-state index contributed by atoms with van der Waals surface area (Å²) in [5, 5.41) is 0. The molecule has 1 aliphatic rings. The van der Waals surface area contributed by atoms with Gasteiger partial charge in [-0.25, -0.2) is 22.0 Å². The van der Waals surface area contributed by atoms with Gasteiger partial charge >= 0.3 is 0 Å². The van der Waals surface area contributed by atoms with Gasteiger partial charge in [-0.15, -0.1) is 0 Å². The van der Waals surface area contributed by atoms with Crippen molar-refractivity contribution in [2.24, 2.45) is 5.92 Å². The molecule has 0 bridgehead atoms. The Labute approximate surface area is 167 Å². The zero-order valence-corrected chi connectivity index (χ0v) is 16.4. The fraction of sp³-hybridized carbons (Fsp3) is 0.478. The maximum absolute atomic E-state index is 14.2. The van der Waals surface area contributed by atoms with E-state index in [-0.39, 0.29) is 24.2 Å². The highest BCUT2D eigenvalue weighted by atomic mass is 19.2. The standard InChI is InChI=1S/C23H25F5O/c1-2-3-4-15-9-20(26)23(21(27)10-15)29-13-14-5-7-16(8-6-14)17-11-18(24)22(28)19(25)12-17/h9-12,14,16H,2-8,13H2,1H3. The van der Waals surface area contributed by atoms with Crippen LogP contribution in [0.5, 0.6) is 5.75 Å². The maximum Gasteiger partial charge on any atom is 0.194 e. The first kappa shape index (κ1) is 21.6. The summed E-state index contributed by atoms with van der Waals surface area (Å²) in [5.74, 6) is -5.53. The first-order valence-electron chi connectivity index (χ1n) is 10.1. The molecule has 0 spiro atoms. The summed E-state index contributed by atoms with van der Waals surface area (Å²) in [6, 6.07) is 4.74. The fourth-order valence-electron chi connectivity index (χ4n) is 3.95. The van der Waals surface area contributed by atoms with Crippen molar-refractivity contribution < 1.29 is 26.7 Å². The number of rotatable bonds is 7. The Hall–Kier alpha value is -2.11. The van der Waals surface area contributed by atoms with Gasteiger partial charge in [0, 0.05) is 0 Å². The average Bonchev–Trinajstić information content (AvgIpc) is 2.70. The van der Waals surface area contributed by atoms with Gasteiger partial charge in [0.25, 0.3) is 0 Å². The molecule has 2 aromatic rings. The van der Waals surface area contributed by atoms with Gasteiger partial charge in [0.1, 0.15) is 0 Å². The molecule has 6 heteroatoms. The van der Waals surface area contributed by atoms with E-state index in [1.165, 1.54) is 12.1 Å². The Bertz CT molecular complexity index is 797. The highest BCUT2D eigenvalue weighted by Gasteiger charge is 2.25. The van der Waals surface area contributed by atoms with Crippen LogP contribution in [0.15, 0.2) is 24.3 Å². The number of halogens is 5. The first-order valence-corrected chi connectivity index (χ1v) is 10.1. The maximum atomic E-state index is 14.2. The second-order valence-corrected chi connectivity index (χ2v) is 7.82. The third kappa shape index (κ3) is 5.28. The Morgan fingerprint density at radius 1 is 0.828 bits per heavy atom. The van der Waals surface area contributed by atoms with Gasteiger partial charge < -0.3 is 4.74 Å². The molecule has 29 heavy (non-hydrogen) atoms. The SMILES string of the molecule is CCCCc1cc(F)c(OCC2CCC(c3cc(F)c(F)c(F)c3)CC2)c(F)c1. The predicted octanol–water partition coefficient (Wildman–Crippen LogP) is 7.08. The molecule has 0 aromatic heterocycles. The second-order valence-electron chi connectivity index (χ2n) is 7.82. The first-order chi connectivity index (χ1) is 13.9. The van der Waals surface area contributed by atoms with Crippen molar-refractivity contribution in [2.75, 3.05) is 6.61 Å². The number of aryl methyl sites for hydroxylation is 1. The highest BCUT2D eigenvalue weighted by molar-refractivity contribution is 5.31. The molecule has 0 unspecified atom stereocenters. The molecule has 1 fully saturated rings. The van der Waals surface area contributed by atoms with E-state index in [2.05, 4.69) is 0 Å². The van der Waals surface area contributed by atoms with E-state index in [9.17, 15) is 22.0 Å². The van der Waals surface area contributed by atoms with Crippen molar-refractivity contribution in [3.05, 3.63) is 64.5 Å². The molecule has 0 N–H and O–H groups in total. The van der Waals surface area contributed by atoms with Crippen LogP contribution in [-0.4, -0.2) is 6.61 Å². The van der Waals surface area contributed by atoms with E-state index in [1.54, 1.807) is 0 Å². The summed E-state index contributed by atoms with van der Waals surface area (Å²) < 4.78 is 73.9. The molecule has 0 saturated heterocycles. The van der Waals surface area contributed by atoms with Crippen molar-refractivity contribution >= 4 is 0 Å². The minimum atomic E-state index is -1.46. The van der Waals surface area contributed by atoms with Crippen LogP contribution in [0.3, 0.4) is 0 Å². The average molecular weight is 412 g/mol. The van der Waals surface area contributed by atoms with E-state index in [1.807, 2.05) is 6.92 Å². The van der Waals surface area contributed by atoms with Gasteiger partial charge in [-0.1, -0.05) is 13.3 Å². The van der Waals surface area contributed by atoms with Crippen molar-refractivity contribution in [1.82, 2.24) is 0 Å². The van der Waals surface area contributed by atoms with Crippen molar-refractivity contribution in [2.45, 2.75) is 57.8 Å². The van der Waals surface area contributed by atoms with Gasteiger partial charge in [-0.2, -0.15) is 0 Å². The number of ether oxygens (including phenoxy) is 1. The third-order valence-corrected chi connectivity index (χ3v) is 5.66. The predicted molar refractivity (Wildman–Crippen MR) is 101 cm³/mol. The van der Waals surface area contributed by atoms with Crippen LogP contribution in [0, 0.1) is 35.0 Å². The lowest BCUT2D eigenvalue weighted by molar-refractivity contribution is 0.187. The molecular weight excluding hydrogens is 387 g/mol. The number of unbranched alkanes of at least 4 members (excludes halogenated alkanes) is 1. The molecule has 0 amide bonds. The van der Waals surface area contributed by atoms with Gasteiger partial charge in [0.15, 0.2) is 34.8 Å². The summed E-state index contributed by atoms with van der Waals surface area (Å²) in [7, 11) is 0. The zero-order chi connectivity index (χ0) is 21.0. The van der Waals surface area contributed by atoms with Gasteiger partial charge in [-0.3, -0.25) is 0 Å². The van der Waals surface area contributed by atoms with Crippen LogP contribution >= 0.6 is 0 Å². The third-order valence-electron chi connectivity index (χ3n) is 5.66. The van der Waals surface area contributed by atoms with Gasteiger partial charge in [-0.05, 0) is 85.8 Å². The van der Waals surface area contributed by atoms with Crippen molar-refractivity contribution in [3.63, 3.8) is 0 Å². The molecule has 0 aliphatic heterocycles. The van der Waals surface area contributed by atoms with Gasteiger partial charge in [0.2, 0.25) is 0 Å². The Balaban J connectivity index is 1.55. The fourth-order valence-corrected chi connectivity index (χ4v) is 3.95. The molecule has 0 atom stereocenters. The monoisotopic (exact) mass is 412 g/mol. The van der Waals surface area contributed by atoms with Crippen LogP contribution in [0.2, 0.25) is 0 Å². The molecule has 158 valence electrons. The summed E-state index contributed by atoms with van der Waals surface area (Å²) in [5.41, 5.74) is 1.06. The normalized spacial score (nSPS) is 19.4. The molecule has 3 rings (SSSR count). The molecule has 2 aromatic carbocycles. The molecule has 0 radical (unpaired) electrons. The van der Waals surface area contributed by atoms with Crippen LogP contribution in [0.4, 0.5) is 22.0 Å². The highest BCUT2D eigenvalue weighted by Crippen LogP contribution is 2.37. The van der Waals surface area contributed by atoms with Crippen molar-refractivity contribution in [3.8, 4) is 5.75 Å². The molecule has 0 heterocycles. The summed E-state index contributed by atoms with van der Waals surface area (Å²) in [4.78, 5) is 0. The lowest BCUT2D eigenvalue weighted by Gasteiger charge is -2.29. The summed E-state index contributed by atoms with van der Waals surface area (Å²) in [6.45, 7) is 2.20. The minimum absolute atomic E-state index is 0.0674. The van der Waals surface area contributed by atoms with Crippen LogP contribution < -0.4 is 4.74 Å². The van der Waals surface area contributed by atoms with Crippen molar-refractivity contribution in [1.29, 1.82) is 0 Å². The van der Waals surface area contributed by atoms with E-state index in [4.69, 9.17) is 4.74 Å². The van der Waals surface area contributed by atoms with Gasteiger partial charge in [0.05, 0.1) is 6.61 Å². The lowest BCUT2D eigenvalue weighted by Crippen LogP contribution is -2.20. The molecule has 1 aliphatic carbocycles. The Morgan fingerprint density at radius 2 is 1.41 bits per heavy atom. The van der Waals surface area contributed by atoms with Crippen LogP contribution in [0.1, 0.15) is 62.5 Å². The topological polar surface area (TPSA) is 9.23 Å². The lowest BCUT2D eigenvalue weighted by atomic mass is 9.79. The molecule has 1 saturated carbocycles. The van der Waals surface area contributed by atoms with Crippen LogP contribution in [0.25, 0.3) is 0 Å². The number of hydrogen-bond donors (Lipinski definition) is 0. The number of hydrogen-bond acceptors (Lipinski definition) is 1. The smallest absolute Gasteiger partial charge is 0.194 e. The summed E-state index contributed by atoms with van der Waals surface area (Å²) >= 11 is 0. The Kier molecular flexibility index (Phi) is 7.14. The largest absolute Gasteiger partial charge is 0.487 e. The van der Waals surface area contributed by atoms with E-state index in [0.29, 0.717) is 43.2 Å². The molecular formula is C23H25F5O. The minimum Gasteiger partial charge on any atom is -0.487 e. The van der Waals surface area contributed by atoms with E-state index >= 15 is 0 Å². The molecule has 1 nitrogen and oxygen atoms in total.